The molecule has 5 rings (SSSR count). The summed E-state index contributed by atoms with van der Waals surface area (Å²) in [4.78, 5) is 22.9. The van der Waals surface area contributed by atoms with E-state index in [0.717, 1.165) is 35.9 Å². The van der Waals surface area contributed by atoms with Crippen molar-refractivity contribution in [2.24, 2.45) is 0 Å². The third-order valence-electron chi connectivity index (χ3n) is 6.43. The molecular weight excluding hydrogens is 410 g/mol. The van der Waals surface area contributed by atoms with Gasteiger partial charge in [0.2, 0.25) is 0 Å². The molecule has 6 nitrogen and oxygen atoms in total. The van der Waals surface area contributed by atoms with E-state index in [2.05, 4.69) is 11.4 Å². The van der Waals surface area contributed by atoms with Crippen LogP contribution in [0.5, 0.6) is 0 Å². The summed E-state index contributed by atoms with van der Waals surface area (Å²) < 4.78 is 1.96. The number of carbonyl (C=O) groups excluding carboxylic acids is 1. The molecule has 1 aliphatic rings. The molecule has 0 fully saturated rings. The van der Waals surface area contributed by atoms with Gasteiger partial charge in [0, 0.05) is 13.1 Å². The number of para-hydroxylation sites is 2. The molecule has 3 N–H and O–H groups in total. The van der Waals surface area contributed by atoms with Crippen molar-refractivity contribution in [3.05, 3.63) is 76.9 Å². The Bertz CT molecular complexity index is 1350. The average molecular weight is 440 g/mol. The molecule has 0 saturated heterocycles. The molecule has 0 saturated carbocycles. The molecule has 6 heteroatoms. The number of nitrogens with zero attached hydrogens (tertiary/aromatic N) is 3. The number of nitrogens with two attached hydrogens (primary N) is 1. The standard InChI is InChI=1S/C27H29N5O/c1-18-11-13-20(14-12-18)17-29-27(33)23-24-26(31-22-10-6-5-9-21(22)30-24)32(25(23)28)16-15-19-7-3-2-4-8-19/h5-7,9-14H,2-4,8,15-17,28H2,1H3,(H,29,33). The van der Waals surface area contributed by atoms with Gasteiger partial charge in [0.25, 0.3) is 5.91 Å². The smallest absolute Gasteiger partial charge is 0.257 e. The molecule has 4 aromatic rings. The van der Waals surface area contributed by atoms with E-state index in [0.29, 0.717) is 35.6 Å². The quantitative estimate of drug-likeness (QED) is 0.400. The van der Waals surface area contributed by atoms with E-state index in [-0.39, 0.29) is 5.91 Å². The summed E-state index contributed by atoms with van der Waals surface area (Å²) in [6.45, 7) is 3.16. The van der Waals surface area contributed by atoms with Crippen LogP contribution in [0.15, 0.2) is 60.2 Å². The first kappa shape index (κ1) is 21.2. The van der Waals surface area contributed by atoms with E-state index >= 15 is 0 Å². The van der Waals surface area contributed by atoms with Crippen LogP contribution in [0, 0.1) is 6.92 Å². The summed E-state index contributed by atoms with van der Waals surface area (Å²) in [5.41, 5.74) is 13.5. The number of anilines is 1. The second kappa shape index (κ2) is 9.06. The lowest BCUT2D eigenvalue weighted by molar-refractivity contribution is 0.0953. The fraction of sp³-hybridized carbons (Fsp3) is 0.296. The van der Waals surface area contributed by atoms with Gasteiger partial charge in [-0.25, -0.2) is 9.97 Å². The predicted octanol–water partition coefficient (Wildman–Crippen LogP) is 5.30. The van der Waals surface area contributed by atoms with Crippen LogP contribution in [-0.4, -0.2) is 20.4 Å². The number of hydrogen-bond acceptors (Lipinski definition) is 4. The van der Waals surface area contributed by atoms with Gasteiger partial charge in [-0.2, -0.15) is 0 Å². The number of amides is 1. The molecule has 2 heterocycles. The minimum Gasteiger partial charge on any atom is -0.384 e. The summed E-state index contributed by atoms with van der Waals surface area (Å²) >= 11 is 0. The van der Waals surface area contributed by atoms with Crippen LogP contribution in [0.2, 0.25) is 0 Å². The Balaban J connectivity index is 1.51. The minimum absolute atomic E-state index is 0.224. The highest BCUT2D eigenvalue weighted by Crippen LogP contribution is 2.29. The molecular formula is C27H29N5O. The topological polar surface area (TPSA) is 85.8 Å². The number of rotatable bonds is 6. The Hall–Kier alpha value is -3.67. The molecule has 0 atom stereocenters. The number of aryl methyl sites for hydroxylation is 2. The molecule has 1 aliphatic carbocycles. The lowest BCUT2D eigenvalue weighted by atomic mass is 9.97. The van der Waals surface area contributed by atoms with Gasteiger partial charge in [-0.1, -0.05) is 53.6 Å². The second-order valence-corrected chi connectivity index (χ2v) is 8.82. The summed E-state index contributed by atoms with van der Waals surface area (Å²) in [6, 6.07) is 15.9. The van der Waals surface area contributed by atoms with E-state index in [1.807, 2.05) is 60.0 Å². The summed E-state index contributed by atoms with van der Waals surface area (Å²) in [5.74, 6) is 0.205. The first-order chi connectivity index (χ1) is 16.1. The zero-order chi connectivity index (χ0) is 22.8. The van der Waals surface area contributed by atoms with Crippen molar-refractivity contribution in [2.75, 3.05) is 5.73 Å². The molecule has 0 radical (unpaired) electrons. The van der Waals surface area contributed by atoms with Gasteiger partial charge in [-0.15, -0.1) is 0 Å². The number of fused-ring (bicyclic) bond motifs is 2. The Labute approximate surface area is 193 Å². The molecule has 2 aromatic carbocycles. The van der Waals surface area contributed by atoms with E-state index in [9.17, 15) is 4.79 Å². The fourth-order valence-corrected chi connectivity index (χ4v) is 4.53. The Kier molecular flexibility index (Phi) is 5.82. The highest BCUT2D eigenvalue weighted by Gasteiger charge is 2.24. The number of nitrogens with one attached hydrogen (secondary N) is 1. The van der Waals surface area contributed by atoms with Crippen LogP contribution in [0.3, 0.4) is 0 Å². The lowest BCUT2D eigenvalue weighted by Crippen LogP contribution is -2.24. The van der Waals surface area contributed by atoms with Crippen molar-refractivity contribution in [3.63, 3.8) is 0 Å². The summed E-state index contributed by atoms with van der Waals surface area (Å²) in [6.07, 6.45) is 8.05. The molecule has 0 aliphatic heterocycles. The van der Waals surface area contributed by atoms with Crippen molar-refractivity contribution in [3.8, 4) is 0 Å². The number of benzene rings is 2. The fourth-order valence-electron chi connectivity index (χ4n) is 4.53. The van der Waals surface area contributed by atoms with Crippen LogP contribution < -0.4 is 11.1 Å². The molecule has 0 unspecified atom stereocenters. The first-order valence-corrected chi connectivity index (χ1v) is 11.7. The first-order valence-electron chi connectivity index (χ1n) is 11.7. The van der Waals surface area contributed by atoms with Crippen LogP contribution in [-0.2, 0) is 13.1 Å². The normalized spacial score (nSPS) is 13.9. The van der Waals surface area contributed by atoms with E-state index in [1.54, 1.807) is 0 Å². The highest BCUT2D eigenvalue weighted by atomic mass is 16.1. The number of hydrogen-bond donors (Lipinski definition) is 2. The number of allylic oxidation sites excluding steroid dienone is 2. The Morgan fingerprint density at radius 2 is 1.82 bits per heavy atom. The Morgan fingerprint density at radius 1 is 1.06 bits per heavy atom. The maximum atomic E-state index is 13.3. The summed E-state index contributed by atoms with van der Waals surface area (Å²) in [5, 5.41) is 3.02. The zero-order valence-corrected chi connectivity index (χ0v) is 19.0. The summed E-state index contributed by atoms with van der Waals surface area (Å²) in [7, 11) is 0. The maximum absolute atomic E-state index is 13.3. The number of nitrogen functional groups attached to an aromatic ring is 1. The monoisotopic (exact) mass is 439 g/mol. The Morgan fingerprint density at radius 3 is 2.55 bits per heavy atom. The lowest BCUT2D eigenvalue weighted by Gasteiger charge is -2.14. The van der Waals surface area contributed by atoms with Gasteiger partial charge >= 0.3 is 0 Å². The molecule has 168 valence electrons. The van der Waals surface area contributed by atoms with Gasteiger partial charge in [0.1, 0.15) is 16.9 Å². The van der Waals surface area contributed by atoms with Crippen molar-refractivity contribution in [1.29, 1.82) is 0 Å². The largest absolute Gasteiger partial charge is 0.384 e. The zero-order valence-electron chi connectivity index (χ0n) is 19.0. The van der Waals surface area contributed by atoms with Gasteiger partial charge in [-0.3, -0.25) is 4.79 Å². The van der Waals surface area contributed by atoms with Crippen molar-refractivity contribution in [1.82, 2.24) is 19.9 Å². The van der Waals surface area contributed by atoms with Gasteiger partial charge in [-0.05, 0) is 56.7 Å². The average Bonchev–Trinajstić information content (AvgIpc) is 3.11. The molecule has 33 heavy (non-hydrogen) atoms. The van der Waals surface area contributed by atoms with E-state index < -0.39 is 0 Å². The second-order valence-electron chi connectivity index (χ2n) is 8.82. The molecule has 0 spiro atoms. The van der Waals surface area contributed by atoms with Crippen molar-refractivity contribution in [2.45, 2.75) is 52.1 Å². The third-order valence-corrected chi connectivity index (χ3v) is 6.43. The van der Waals surface area contributed by atoms with Crippen molar-refractivity contribution < 1.29 is 4.79 Å². The SMILES string of the molecule is Cc1ccc(CNC(=O)c2c(N)n(CCC3=CCCCC3)c3nc4ccccc4nc23)cc1. The molecule has 1 amide bonds. The van der Waals surface area contributed by atoms with Crippen molar-refractivity contribution >= 4 is 33.9 Å². The highest BCUT2D eigenvalue weighted by molar-refractivity contribution is 6.10. The van der Waals surface area contributed by atoms with Crippen LogP contribution in [0.4, 0.5) is 5.82 Å². The minimum atomic E-state index is -0.224. The third kappa shape index (κ3) is 4.33. The maximum Gasteiger partial charge on any atom is 0.257 e. The predicted molar refractivity (Wildman–Crippen MR) is 133 cm³/mol. The molecule has 0 bridgehead atoms. The van der Waals surface area contributed by atoms with Crippen LogP contribution in [0.1, 0.15) is 53.6 Å². The van der Waals surface area contributed by atoms with Gasteiger partial charge < -0.3 is 15.6 Å². The number of aromatic nitrogens is 3. The van der Waals surface area contributed by atoms with E-state index in [4.69, 9.17) is 15.7 Å². The van der Waals surface area contributed by atoms with E-state index in [1.165, 1.54) is 24.0 Å². The van der Waals surface area contributed by atoms with Gasteiger partial charge in [0.15, 0.2) is 5.65 Å². The molecule has 2 aromatic heterocycles. The van der Waals surface area contributed by atoms with Gasteiger partial charge in [0.05, 0.1) is 11.0 Å². The van der Waals surface area contributed by atoms with Crippen LogP contribution in [0.25, 0.3) is 22.2 Å². The van der Waals surface area contributed by atoms with Crippen LogP contribution >= 0.6 is 0 Å². The number of carbonyl (C=O) groups is 1.